The summed E-state index contributed by atoms with van der Waals surface area (Å²) in [5.41, 5.74) is 1.60. The van der Waals surface area contributed by atoms with Crippen LogP contribution in [-0.2, 0) is 4.74 Å². The molecular weight excluding hydrogens is 306 g/mol. The van der Waals surface area contributed by atoms with Gasteiger partial charge in [-0.05, 0) is 24.0 Å². The highest BCUT2D eigenvalue weighted by atomic mass is 35.5. The van der Waals surface area contributed by atoms with Gasteiger partial charge in [-0.3, -0.25) is 0 Å². The van der Waals surface area contributed by atoms with Crippen molar-refractivity contribution in [2.45, 2.75) is 19.1 Å². The van der Waals surface area contributed by atoms with Gasteiger partial charge in [0.15, 0.2) is 5.15 Å². The minimum absolute atomic E-state index is 0.0117. The summed E-state index contributed by atoms with van der Waals surface area (Å²) in [6, 6.07) is 12.3. The third-order valence-electron chi connectivity index (χ3n) is 3.46. The first kappa shape index (κ1) is 14.3. The lowest BCUT2D eigenvalue weighted by Gasteiger charge is -2.37. The van der Waals surface area contributed by atoms with Crippen molar-refractivity contribution in [3.8, 4) is 6.07 Å². The highest BCUT2D eigenvalue weighted by Gasteiger charge is 2.29. The Balaban J connectivity index is 1.88. The molecule has 108 valence electrons. The Labute approximate surface area is 132 Å². The normalized spacial score (nSPS) is 22.0. The van der Waals surface area contributed by atoms with Crippen LogP contribution < -0.4 is 4.90 Å². The van der Waals surface area contributed by atoms with Crippen LogP contribution >= 0.6 is 23.1 Å². The molecule has 0 saturated carbocycles. The maximum absolute atomic E-state index is 9.24. The Bertz CT molecular complexity index is 667. The first-order chi connectivity index (χ1) is 10.2. The number of benzene rings is 1. The fourth-order valence-corrected chi connectivity index (χ4v) is 3.59. The monoisotopic (exact) mass is 319 g/mol. The van der Waals surface area contributed by atoms with Crippen molar-refractivity contribution in [3.05, 3.63) is 46.6 Å². The van der Waals surface area contributed by atoms with Crippen molar-refractivity contribution >= 4 is 28.1 Å². The van der Waals surface area contributed by atoms with Crippen LogP contribution in [0.1, 0.15) is 24.2 Å². The number of anilines is 1. The summed E-state index contributed by atoms with van der Waals surface area (Å²) in [6.45, 7) is 3.47. The molecule has 0 bridgehead atoms. The second kappa shape index (κ2) is 6.02. The zero-order valence-corrected chi connectivity index (χ0v) is 13.1. The lowest BCUT2D eigenvalue weighted by atomic mass is 10.1. The molecule has 0 radical (unpaired) electrons. The molecule has 0 N–H and O–H groups in total. The van der Waals surface area contributed by atoms with E-state index in [-0.39, 0.29) is 17.4 Å². The molecule has 2 aromatic rings. The van der Waals surface area contributed by atoms with E-state index in [1.165, 1.54) is 11.5 Å². The molecule has 0 unspecified atom stereocenters. The molecule has 6 heteroatoms. The average molecular weight is 320 g/mol. The SMILES string of the molecule is C[C@H]1CN(c2snc(Cl)c2C#N)C[C@@H](c2ccccc2)O1. The summed E-state index contributed by atoms with van der Waals surface area (Å²) < 4.78 is 10.1. The van der Waals surface area contributed by atoms with E-state index in [2.05, 4.69) is 27.5 Å². The predicted molar refractivity (Wildman–Crippen MR) is 83.8 cm³/mol. The number of aromatic nitrogens is 1. The van der Waals surface area contributed by atoms with Gasteiger partial charge in [0, 0.05) is 13.1 Å². The number of hydrogen-bond acceptors (Lipinski definition) is 5. The van der Waals surface area contributed by atoms with E-state index in [0.717, 1.165) is 17.1 Å². The van der Waals surface area contributed by atoms with E-state index in [9.17, 15) is 5.26 Å². The third-order valence-corrected chi connectivity index (χ3v) is 4.75. The van der Waals surface area contributed by atoms with Gasteiger partial charge in [0.2, 0.25) is 0 Å². The molecule has 1 aliphatic rings. The lowest BCUT2D eigenvalue weighted by Crippen LogP contribution is -2.42. The van der Waals surface area contributed by atoms with E-state index >= 15 is 0 Å². The molecule has 1 aliphatic heterocycles. The topological polar surface area (TPSA) is 49.2 Å². The zero-order chi connectivity index (χ0) is 14.8. The van der Waals surface area contributed by atoms with Crippen LogP contribution in [0.25, 0.3) is 0 Å². The summed E-state index contributed by atoms with van der Waals surface area (Å²) in [7, 11) is 0. The summed E-state index contributed by atoms with van der Waals surface area (Å²) in [6.07, 6.45) is 0.0683. The second-order valence-corrected chi connectivity index (χ2v) is 6.13. The standard InChI is InChI=1S/C15H14ClN3OS/c1-10-8-19(15-12(7-17)14(16)18-21-15)9-13(20-10)11-5-3-2-4-6-11/h2-6,10,13H,8-9H2,1H3/t10-,13-/m0/s1. The predicted octanol–water partition coefficient (Wildman–Crippen LogP) is 3.63. The summed E-state index contributed by atoms with van der Waals surface area (Å²) >= 11 is 7.25. The van der Waals surface area contributed by atoms with Crippen LogP contribution in [0, 0.1) is 11.3 Å². The van der Waals surface area contributed by atoms with E-state index in [1.807, 2.05) is 25.1 Å². The molecular formula is C15H14ClN3OS. The summed E-state index contributed by atoms with van der Waals surface area (Å²) in [4.78, 5) is 2.15. The van der Waals surface area contributed by atoms with Gasteiger partial charge in [0.25, 0.3) is 0 Å². The Morgan fingerprint density at radius 1 is 1.38 bits per heavy atom. The minimum Gasteiger partial charge on any atom is -0.367 e. The van der Waals surface area contributed by atoms with Crippen LogP contribution in [-0.4, -0.2) is 23.6 Å². The number of halogens is 1. The molecule has 3 rings (SSSR count). The van der Waals surface area contributed by atoms with Crippen molar-refractivity contribution in [2.24, 2.45) is 0 Å². The largest absolute Gasteiger partial charge is 0.367 e. The number of ether oxygens (including phenoxy) is 1. The van der Waals surface area contributed by atoms with Crippen LogP contribution in [0.4, 0.5) is 5.00 Å². The maximum Gasteiger partial charge on any atom is 0.162 e. The first-order valence-electron chi connectivity index (χ1n) is 6.69. The van der Waals surface area contributed by atoms with Gasteiger partial charge in [-0.1, -0.05) is 41.9 Å². The van der Waals surface area contributed by atoms with Crippen molar-refractivity contribution < 1.29 is 4.74 Å². The van der Waals surface area contributed by atoms with Crippen molar-refractivity contribution in [1.82, 2.24) is 4.37 Å². The van der Waals surface area contributed by atoms with Gasteiger partial charge in [-0.2, -0.15) is 9.64 Å². The summed E-state index contributed by atoms with van der Waals surface area (Å²) in [5, 5.41) is 10.4. The minimum atomic E-state index is -0.0117. The molecule has 21 heavy (non-hydrogen) atoms. The molecule has 0 amide bonds. The Kier molecular flexibility index (Phi) is 4.11. The highest BCUT2D eigenvalue weighted by molar-refractivity contribution is 7.10. The number of hydrogen-bond donors (Lipinski definition) is 0. The second-order valence-electron chi connectivity index (χ2n) is 5.02. The third kappa shape index (κ3) is 2.88. The molecule has 1 saturated heterocycles. The molecule has 1 aromatic heterocycles. The van der Waals surface area contributed by atoms with Gasteiger partial charge in [-0.15, -0.1) is 0 Å². The lowest BCUT2D eigenvalue weighted by molar-refractivity contribution is -0.0171. The molecule has 2 atom stereocenters. The number of nitrogens with zero attached hydrogens (tertiary/aromatic N) is 3. The van der Waals surface area contributed by atoms with Crippen molar-refractivity contribution in [2.75, 3.05) is 18.0 Å². The molecule has 2 heterocycles. The molecule has 0 spiro atoms. The van der Waals surface area contributed by atoms with Gasteiger partial charge in [-0.25, -0.2) is 0 Å². The van der Waals surface area contributed by atoms with E-state index < -0.39 is 0 Å². The Morgan fingerprint density at radius 3 is 2.86 bits per heavy atom. The van der Waals surface area contributed by atoms with Crippen LogP contribution in [0.3, 0.4) is 0 Å². The average Bonchev–Trinajstić information content (AvgIpc) is 2.88. The van der Waals surface area contributed by atoms with Gasteiger partial charge >= 0.3 is 0 Å². The van der Waals surface area contributed by atoms with E-state index in [4.69, 9.17) is 16.3 Å². The van der Waals surface area contributed by atoms with E-state index in [0.29, 0.717) is 12.1 Å². The number of nitriles is 1. The van der Waals surface area contributed by atoms with Gasteiger partial charge < -0.3 is 9.64 Å². The zero-order valence-electron chi connectivity index (χ0n) is 11.5. The van der Waals surface area contributed by atoms with Crippen LogP contribution in [0.2, 0.25) is 5.15 Å². The highest BCUT2D eigenvalue weighted by Crippen LogP contribution is 2.35. The molecule has 0 aliphatic carbocycles. The van der Waals surface area contributed by atoms with E-state index in [1.54, 1.807) is 0 Å². The smallest absolute Gasteiger partial charge is 0.162 e. The fourth-order valence-electron chi connectivity index (χ4n) is 2.54. The molecule has 4 nitrogen and oxygen atoms in total. The van der Waals surface area contributed by atoms with Crippen LogP contribution in [0.5, 0.6) is 0 Å². The van der Waals surface area contributed by atoms with Crippen LogP contribution in [0.15, 0.2) is 30.3 Å². The van der Waals surface area contributed by atoms with Crippen molar-refractivity contribution in [1.29, 1.82) is 5.26 Å². The quantitative estimate of drug-likeness (QED) is 0.848. The maximum atomic E-state index is 9.24. The Hall–Kier alpha value is -1.61. The number of rotatable bonds is 2. The van der Waals surface area contributed by atoms with Crippen molar-refractivity contribution in [3.63, 3.8) is 0 Å². The Morgan fingerprint density at radius 2 is 2.14 bits per heavy atom. The summed E-state index contributed by atoms with van der Waals surface area (Å²) in [5.74, 6) is 0. The fraction of sp³-hybridized carbons (Fsp3) is 0.333. The molecule has 1 aromatic carbocycles. The van der Waals surface area contributed by atoms with Gasteiger partial charge in [0.1, 0.15) is 22.7 Å². The first-order valence-corrected chi connectivity index (χ1v) is 7.84. The number of morpholine rings is 1. The van der Waals surface area contributed by atoms with Gasteiger partial charge in [0.05, 0.1) is 6.10 Å². The molecule has 1 fully saturated rings.